The molecule has 10 heteroatoms. The summed E-state index contributed by atoms with van der Waals surface area (Å²) in [5, 5.41) is 6.71. The van der Waals surface area contributed by atoms with Crippen LogP contribution in [-0.2, 0) is 11.2 Å². The van der Waals surface area contributed by atoms with E-state index in [1.807, 2.05) is 6.07 Å². The van der Waals surface area contributed by atoms with E-state index in [-0.39, 0.29) is 12.5 Å². The van der Waals surface area contributed by atoms with Gasteiger partial charge < -0.3 is 20.4 Å². The average molecular weight is 440 g/mol. The zero-order valence-electron chi connectivity index (χ0n) is 18.2. The summed E-state index contributed by atoms with van der Waals surface area (Å²) in [6.45, 7) is 5.01. The molecule has 0 bridgehead atoms. The van der Waals surface area contributed by atoms with E-state index in [4.69, 9.17) is 4.74 Å². The van der Waals surface area contributed by atoms with E-state index in [1.165, 1.54) is 11.1 Å². The lowest BCUT2D eigenvalue weighted by Crippen LogP contribution is -2.38. The monoisotopic (exact) mass is 440 g/mol. The molecular weight excluding hydrogens is 415 g/mol. The third-order valence-corrected chi connectivity index (χ3v) is 4.86. The summed E-state index contributed by atoms with van der Waals surface area (Å²) in [5.74, 6) is 0.948. The molecule has 4 heterocycles. The number of ether oxygens (including phenoxy) is 1. The second-order valence-corrected chi connectivity index (χ2v) is 8.42. The molecule has 0 saturated heterocycles. The Morgan fingerprint density at radius 3 is 2.72 bits per heavy atom. The van der Waals surface area contributed by atoms with E-state index in [9.17, 15) is 14.0 Å². The Kier molecular flexibility index (Phi) is 5.68. The van der Waals surface area contributed by atoms with Crippen molar-refractivity contribution in [3.05, 3.63) is 41.7 Å². The summed E-state index contributed by atoms with van der Waals surface area (Å²) in [6.07, 6.45) is 1.57. The van der Waals surface area contributed by atoms with E-state index in [1.54, 1.807) is 39.0 Å². The van der Waals surface area contributed by atoms with Gasteiger partial charge in [0.15, 0.2) is 0 Å². The number of aromatic amines is 1. The Morgan fingerprint density at radius 2 is 2.03 bits per heavy atom. The smallest absolute Gasteiger partial charge is 0.414 e. The molecule has 0 saturated carbocycles. The van der Waals surface area contributed by atoms with E-state index >= 15 is 0 Å². The maximum absolute atomic E-state index is 13.0. The fraction of sp³-hybridized carbons (Fsp3) is 0.364. The third-order valence-electron chi connectivity index (χ3n) is 4.86. The number of halogens is 1. The highest BCUT2D eigenvalue weighted by Gasteiger charge is 2.24. The first-order chi connectivity index (χ1) is 15.2. The summed E-state index contributed by atoms with van der Waals surface area (Å²) >= 11 is 0. The van der Waals surface area contributed by atoms with Gasteiger partial charge in [-0.05, 0) is 45.0 Å². The molecule has 0 aromatic carbocycles. The lowest BCUT2D eigenvalue weighted by atomic mass is 10.1. The van der Waals surface area contributed by atoms with Crippen molar-refractivity contribution in [3.63, 3.8) is 0 Å². The number of hydrogen-bond donors (Lipinski definition) is 3. The normalized spacial score (nSPS) is 13.4. The number of carbonyl (C=O) groups is 2. The molecule has 0 aliphatic carbocycles. The van der Waals surface area contributed by atoms with Crippen LogP contribution >= 0.6 is 0 Å². The Bertz CT molecular complexity index is 1150. The number of pyridine rings is 2. The molecule has 3 N–H and O–H groups in total. The molecule has 3 aromatic rings. The number of aromatic nitrogens is 3. The number of hydrogen-bond acceptors (Lipinski definition) is 6. The van der Waals surface area contributed by atoms with Gasteiger partial charge in [0.1, 0.15) is 29.6 Å². The molecule has 9 nitrogen and oxygen atoms in total. The van der Waals surface area contributed by atoms with E-state index in [0.717, 1.165) is 17.5 Å². The molecule has 1 aliphatic heterocycles. The van der Waals surface area contributed by atoms with Crippen molar-refractivity contribution in [2.75, 3.05) is 30.0 Å². The first-order valence-electron chi connectivity index (χ1n) is 10.3. The number of nitrogens with one attached hydrogen (secondary N) is 3. The van der Waals surface area contributed by atoms with Gasteiger partial charge in [-0.1, -0.05) is 0 Å². The van der Waals surface area contributed by atoms with Gasteiger partial charge in [-0.2, -0.15) is 0 Å². The number of rotatable bonds is 5. The van der Waals surface area contributed by atoms with Crippen LogP contribution in [0, 0.1) is 0 Å². The molecule has 0 unspecified atom stereocenters. The maximum atomic E-state index is 13.0. The highest BCUT2D eigenvalue weighted by molar-refractivity contribution is 6.08. The number of nitrogens with zero attached hydrogens (tertiary/aromatic N) is 3. The van der Waals surface area contributed by atoms with Crippen molar-refractivity contribution in [1.82, 2.24) is 20.3 Å². The first kappa shape index (κ1) is 21.5. The minimum absolute atomic E-state index is 0.0971. The number of H-pyrrole nitrogens is 1. The molecule has 2 amide bonds. The fourth-order valence-corrected chi connectivity index (χ4v) is 3.51. The highest BCUT2D eigenvalue weighted by atomic mass is 19.1. The van der Waals surface area contributed by atoms with Crippen molar-refractivity contribution in [3.8, 4) is 0 Å². The number of anilines is 3. The van der Waals surface area contributed by atoms with Crippen LogP contribution in [0.25, 0.3) is 11.0 Å². The van der Waals surface area contributed by atoms with E-state index in [2.05, 4.69) is 25.6 Å². The van der Waals surface area contributed by atoms with Gasteiger partial charge in [0, 0.05) is 24.0 Å². The van der Waals surface area contributed by atoms with E-state index in [0.29, 0.717) is 35.1 Å². The lowest BCUT2D eigenvalue weighted by molar-refractivity contribution is 0.0577. The van der Waals surface area contributed by atoms with Crippen molar-refractivity contribution < 1.29 is 18.7 Å². The quantitative estimate of drug-likeness (QED) is 0.558. The molecule has 32 heavy (non-hydrogen) atoms. The Hall–Kier alpha value is -3.69. The van der Waals surface area contributed by atoms with Crippen LogP contribution in [-0.4, -0.2) is 52.3 Å². The highest BCUT2D eigenvalue weighted by Crippen LogP contribution is 2.26. The fourth-order valence-electron chi connectivity index (χ4n) is 3.51. The number of amides is 2. The van der Waals surface area contributed by atoms with Gasteiger partial charge in [-0.25, -0.2) is 19.2 Å². The van der Waals surface area contributed by atoms with Gasteiger partial charge >= 0.3 is 6.09 Å². The molecule has 168 valence electrons. The minimum atomic E-state index is -0.707. The molecule has 1 aliphatic rings. The number of carbonyl (C=O) groups excluding carboxylic acids is 2. The summed E-state index contributed by atoms with van der Waals surface area (Å²) < 4.78 is 18.4. The first-order valence-corrected chi connectivity index (χ1v) is 10.3. The number of alkyl halides is 1. The van der Waals surface area contributed by atoms with Gasteiger partial charge in [-0.3, -0.25) is 9.69 Å². The van der Waals surface area contributed by atoms with Crippen LogP contribution in [0.15, 0.2) is 30.5 Å². The molecule has 3 aromatic heterocycles. The standard InChI is InChI=1S/C22H25FN6O3/c1-22(2,3)32-21(31)29(11-9-23)13-4-6-16(25-12-13)27-17-7-5-14-18-15(26-19(14)28-17)8-10-24-20(18)30/h4-7,12H,8-11H2,1-3H3,(H,24,30)(H2,25,26,27,28). The predicted octanol–water partition coefficient (Wildman–Crippen LogP) is 3.70. The Labute approximate surface area is 184 Å². The van der Waals surface area contributed by atoms with Crippen molar-refractivity contribution in [1.29, 1.82) is 0 Å². The molecule has 0 spiro atoms. The summed E-state index contributed by atoms with van der Waals surface area (Å²) in [4.78, 5) is 37.8. The Balaban J connectivity index is 1.52. The van der Waals surface area contributed by atoms with Crippen LogP contribution < -0.4 is 15.5 Å². The average Bonchev–Trinajstić information content (AvgIpc) is 3.10. The minimum Gasteiger partial charge on any atom is -0.443 e. The van der Waals surface area contributed by atoms with Crippen molar-refractivity contribution in [2.24, 2.45) is 0 Å². The van der Waals surface area contributed by atoms with Gasteiger partial charge in [0.05, 0.1) is 24.0 Å². The summed E-state index contributed by atoms with van der Waals surface area (Å²) in [5.41, 5.74) is 1.87. The maximum Gasteiger partial charge on any atom is 0.414 e. The molecule has 0 fully saturated rings. The zero-order chi connectivity index (χ0) is 22.9. The van der Waals surface area contributed by atoms with Crippen LogP contribution in [0.2, 0.25) is 0 Å². The summed E-state index contributed by atoms with van der Waals surface area (Å²) in [6, 6.07) is 6.93. The van der Waals surface area contributed by atoms with Crippen LogP contribution in [0.5, 0.6) is 0 Å². The largest absolute Gasteiger partial charge is 0.443 e. The van der Waals surface area contributed by atoms with Gasteiger partial charge in [0.25, 0.3) is 5.91 Å². The van der Waals surface area contributed by atoms with E-state index < -0.39 is 18.4 Å². The number of fused-ring (bicyclic) bond motifs is 3. The van der Waals surface area contributed by atoms with Crippen molar-refractivity contribution in [2.45, 2.75) is 32.8 Å². The lowest BCUT2D eigenvalue weighted by Gasteiger charge is -2.26. The second-order valence-electron chi connectivity index (χ2n) is 8.42. The van der Waals surface area contributed by atoms with Crippen LogP contribution in [0.1, 0.15) is 36.8 Å². The van der Waals surface area contributed by atoms with Crippen LogP contribution in [0.3, 0.4) is 0 Å². The summed E-state index contributed by atoms with van der Waals surface area (Å²) in [7, 11) is 0. The zero-order valence-corrected chi connectivity index (χ0v) is 18.2. The SMILES string of the molecule is CC(C)(C)OC(=O)N(CCF)c1ccc(Nc2ccc3c4c([nH]c3n2)CCNC4=O)nc1. The topological polar surface area (TPSA) is 112 Å². The molecule has 4 rings (SSSR count). The molecule has 0 radical (unpaired) electrons. The third kappa shape index (κ3) is 4.48. The molecule has 0 atom stereocenters. The van der Waals surface area contributed by atoms with Crippen molar-refractivity contribution >= 4 is 40.4 Å². The Morgan fingerprint density at radius 1 is 1.25 bits per heavy atom. The second kappa shape index (κ2) is 8.45. The van der Waals surface area contributed by atoms with Gasteiger partial charge in [-0.15, -0.1) is 0 Å². The van der Waals surface area contributed by atoms with Crippen LogP contribution in [0.4, 0.5) is 26.5 Å². The molecular formula is C22H25FN6O3. The van der Waals surface area contributed by atoms with Gasteiger partial charge in [0.2, 0.25) is 0 Å². The predicted molar refractivity (Wildman–Crippen MR) is 119 cm³/mol.